The Hall–Kier alpha value is -1.48. The number of ether oxygens (including phenoxy) is 2. The lowest BCUT2D eigenvalue weighted by atomic mass is 9.77. The van der Waals surface area contributed by atoms with Crippen LogP contribution in [-0.4, -0.2) is 41.0 Å². The van der Waals surface area contributed by atoms with Crippen molar-refractivity contribution in [2.24, 2.45) is 0 Å². The number of amides is 1. The molecule has 1 saturated heterocycles. The molecule has 2 heterocycles. The Morgan fingerprint density at radius 1 is 1.55 bits per heavy atom. The van der Waals surface area contributed by atoms with E-state index in [1.807, 2.05) is 0 Å². The van der Waals surface area contributed by atoms with Gasteiger partial charge in [0.2, 0.25) is 5.91 Å². The zero-order valence-corrected chi connectivity index (χ0v) is 12.6. The van der Waals surface area contributed by atoms with Gasteiger partial charge in [0.15, 0.2) is 6.29 Å². The van der Waals surface area contributed by atoms with Gasteiger partial charge >= 0.3 is 7.12 Å². The van der Waals surface area contributed by atoms with E-state index in [2.05, 4.69) is 10.3 Å². The number of hydrogen-bond acceptors (Lipinski definition) is 6. The molecule has 1 amide bonds. The molecule has 7 nitrogen and oxygen atoms in total. The van der Waals surface area contributed by atoms with Crippen LogP contribution < -0.4 is 10.8 Å². The van der Waals surface area contributed by atoms with Crippen LogP contribution >= 0.6 is 0 Å². The molecule has 120 valence electrons. The Labute approximate surface area is 129 Å². The van der Waals surface area contributed by atoms with Crippen LogP contribution in [0.5, 0.6) is 0 Å². The van der Waals surface area contributed by atoms with Gasteiger partial charge in [-0.15, -0.1) is 0 Å². The molecule has 22 heavy (non-hydrogen) atoms. The fraction of sp³-hybridized carbons (Fsp3) is 0.571. The molecule has 0 bridgehead atoms. The van der Waals surface area contributed by atoms with Gasteiger partial charge < -0.3 is 24.8 Å². The van der Waals surface area contributed by atoms with Crippen molar-refractivity contribution in [1.82, 2.24) is 4.98 Å². The molecule has 1 fully saturated rings. The Kier molecular flexibility index (Phi) is 6.32. The van der Waals surface area contributed by atoms with Gasteiger partial charge in [0.25, 0.3) is 0 Å². The second-order valence-corrected chi connectivity index (χ2v) is 5.11. The molecule has 0 saturated carbocycles. The molecule has 1 aromatic rings. The number of aromatic nitrogens is 1. The molecule has 3 N–H and O–H groups in total. The summed E-state index contributed by atoms with van der Waals surface area (Å²) >= 11 is 0. The minimum Gasteiger partial charge on any atom is -0.423 e. The number of carbonyl (C=O) groups is 1. The van der Waals surface area contributed by atoms with Crippen LogP contribution in [0.15, 0.2) is 12.3 Å². The summed E-state index contributed by atoms with van der Waals surface area (Å²) in [5, 5.41) is 21.6. The van der Waals surface area contributed by atoms with Gasteiger partial charge in [-0.3, -0.25) is 4.79 Å². The number of pyridine rings is 1. The van der Waals surface area contributed by atoms with Crippen molar-refractivity contribution in [3.8, 4) is 0 Å². The molecule has 0 aliphatic carbocycles. The van der Waals surface area contributed by atoms with Crippen molar-refractivity contribution >= 4 is 24.3 Å². The number of hydrogen-bond donors (Lipinski definition) is 3. The SMILES string of the molecule is CCC(=O)Nc1nccc(B(O)O)c1COC1CCCCO1. The lowest BCUT2D eigenvalue weighted by Crippen LogP contribution is -2.35. The number of nitrogens with one attached hydrogen (secondary N) is 1. The number of rotatable bonds is 6. The second-order valence-electron chi connectivity index (χ2n) is 5.11. The molecular formula is C14H21BN2O5. The number of carbonyl (C=O) groups excluding carboxylic acids is 1. The predicted molar refractivity (Wildman–Crippen MR) is 81.4 cm³/mol. The van der Waals surface area contributed by atoms with Crippen LogP contribution in [0.4, 0.5) is 5.82 Å². The van der Waals surface area contributed by atoms with Crippen molar-refractivity contribution in [2.45, 2.75) is 45.5 Å². The standard InChI is InChI=1S/C14H21BN2O5/c1-2-12(18)17-14-10(11(15(19)20)6-7-16-14)9-22-13-5-3-4-8-21-13/h6-7,13,19-20H,2-5,8-9H2,1H3,(H,16,17,18). The van der Waals surface area contributed by atoms with Crippen molar-refractivity contribution in [2.75, 3.05) is 11.9 Å². The predicted octanol–water partition coefficient (Wildman–Crippen LogP) is 0.153. The summed E-state index contributed by atoms with van der Waals surface area (Å²) in [6.45, 7) is 2.48. The molecule has 8 heteroatoms. The van der Waals surface area contributed by atoms with E-state index in [0.717, 1.165) is 19.3 Å². The first-order chi connectivity index (χ1) is 10.6. The largest absolute Gasteiger partial charge is 0.488 e. The molecule has 1 aliphatic rings. The molecule has 0 spiro atoms. The maximum absolute atomic E-state index is 11.6. The van der Waals surface area contributed by atoms with Crippen molar-refractivity contribution < 1.29 is 24.3 Å². The van der Waals surface area contributed by atoms with Crippen molar-refractivity contribution in [3.05, 3.63) is 17.8 Å². The van der Waals surface area contributed by atoms with E-state index in [1.165, 1.54) is 12.3 Å². The molecule has 1 unspecified atom stereocenters. The molecule has 0 radical (unpaired) electrons. The van der Waals surface area contributed by atoms with Gasteiger partial charge in [0.1, 0.15) is 5.82 Å². The minimum atomic E-state index is -1.66. The molecule has 1 aliphatic heterocycles. The summed E-state index contributed by atoms with van der Waals surface area (Å²) in [6, 6.07) is 1.49. The van der Waals surface area contributed by atoms with Crippen LogP contribution in [0.25, 0.3) is 0 Å². The van der Waals surface area contributed by atoms with E-state index in [1.54, 1.807) is 6.92 Å². The smallest absolute Gasteiger partial charge is 0.423 e. The first-order valence-electron chi connectivity index (χ1n) is 7.48. The van der Waals surface area contributed by atoms with Crippen LogP contribution in [-0.2, 0) is 20.9 Å². The van der Waals surface area contributed by atoms with Crippen LogP contribution in [0.2, 0.25) is 0 Å². The third-order valence-corrected chi connectivity index (χ3v) is 3.50. The topological polar surface area (TPSA) is 101 Å². The maximum Gasteiger partial charge on any atom is 0.488 e. The number of nitrogens with zero attached hydrogens (tertiary/aromatic N) is 1. The number of anilines is 1. The van der Waals surface area contributed by atoms with Gasteiger partial charge in [-0.2, -0.15) is 0 Å². The Balaban J connectivity index is 2.15. The second kappa shape index (κ2) is 8.23. The normalized spacial score (nSPS) is 18.0. The Bertz CT molecular complexity index is 506. The van der Waals surface area contributed by atoms with Gasteiger partial charge in [-0.25, -0.2) is 4.98 Å². The maximum atomic E-state index is 11.6. The molecule has 0 aromatic carbocycles. The zero-order valence-electron chi connectivity index (χ0n) is 12.6. The Morgan fingerprint density at radius 3 is 3.00 bits per heavy atom. The van der Waals surface area contributed by atoms with Crippen molar-refractivity contribution in [3.63, 3.8) is 0 Å². The molecule has 1 aromatic heterocycles. The summed E-state index contributed by atoms with van der Waals surface area (Å²) in [5.74, 6) is 0.0838. The fourth-order valence-electron chi connectivity index (χ4n) is 2.25. The average molecular weight is 308 g/mol. The summed E-state index contributed by atoms with van der Waals surface area (Å²) in [4.78, 5) is 15.7. The van der Waals surface area contributed by atoms with Gasteiger partial charge in [0, 0.05) is 24.8 Å². The average Bonchev–Trinajstić information content (AvgIpc) is 2.54. The highest BCUT2D eigenvalue weighted by atomic mass is 16.7. The summed E-state index contributed by atoms with van der Waals surface area (Å²) in [5.41, 5.74) is 0.714. The summed E-state index contributed by atoms with van der Waals surface area (Å²) in [6.07, 6.45) is 4.26. The van der Waals surface area contributed by atoms with Gasteiger partial charge in [-0.05, 0) is 30.8 Å². The third-order valence-electron chi connectivity index (χ3n) is 3.50. The lowest BCUT2D eigenvalue weighted by Gasteiger charge is -2.23. The Morgan fingerprint density at radius 2 is 2.36 bits per heavy atom. The van der Waals surface area contributed by atoms with E-state index in [-0.39, 0.29) is 30.1 Å². The van der Waals surface area contributed by atoms with Crippen LogP contribution in [0, 0.1) is 0 Å². The minimum absolute atomic E-state index is 0.0881. The van der Waals surface area contributed by atoms with E-state index in [0.29, 0.717) is 18.6 Å². The quantitative estimate of drug-likeness (QED) is 0.647. The first-order valence-corrected chi connectivity index (χ1v) is 7.48. The monoisotopic (exact) mass is 308 g/mol. The molecule has 1 atom stereocenters. The third kappa shape index (κ3) is 4.51. The van der Waals surface area contributed by atoms with E-state index in [4.69, 9.17) is 9.47 Å². The van der Waals surface area contributed by atoms with Crippen molar-refractivity contribution in [1.29, 1.82) is 0 Å². The summed E-state index contributed by atoms with van der Waals surface area (Å²) in [7, 11) is -1.66. The highest BCUT2D eigenvalue weighted by molar-refractivity contribution is 6.59. The summed E-state index contributed by atoms with van der Waals surface area (Å²) < 4.78 is 11.2. The van der Waals surface area contributed by atoms with E-state index >= 15 is 0 Å². The van der Waals surface area contributed by atoms with E-state index in [9.17, 15) is 14.8 Å². The lowest BCUT2D eigenvalue weighted by molar-refractivity contribution is -0.168. The van der Waals surface area contributed by atoms with E-state index < -0.39 is 7.12 Å². The van der Waals surface area contributed by atoms with Crippen LogP contribution in [0.1, 0.15) is 38.2 Å². The molecular weight excluding hydrogens is 287 g/mol. The first kappa shape index (κ1) is 16.9. The fourth-order valence-corrected chi connectivity index (χ4v) is 2.25. The van der Waals surface area contributed by atoms with Gasteiger partial charge in [0.05, 0.1) is 6.61 Å². The highest BCUT2D eigenvalue weighted by Gasteiger charge is 2.22. The zero-order chi connectivity index (χ0) is 15.9. The highest BCUT2D eigenvalue weighted by Crippen LogP contribution is 2.18. The van der Waals surface area contributed by atoms with Crippen LogP contribution in [0.3, 0.4) is 0 Å². The molecule has 2 rings (SSSR count). The van der Waals surface area contributed by atoms with Gasteiger partial charge in [-0.1, -0.05) is 6.92 Å².